The van der Waals surface area contributed by atoms with E-state index in [1.54, 1.807) is 20.3 Å². The smallest absolute Gasteiger partial charge is 0.193 e. The van der Waals surface area contributed by atoms with E-state index in [0.717, 1.165) is 10.0 Å². The zero-order valence-corrected chi connectivity index (χ0v) is 14.2. The standard InChI is InChI=1S/C13H11Br2ClO3/c1-17-8-4-3-7(13(18-2)12(8)15)11(14)9-5-6-10(16)19-9/h3-6,11H,1-2H3. The monoisotopic (exact) mass is 408 g/mol. The first-order valence-corrected chi connectivity index (χ1v) is 7.46. The molecule has 6 heteroatoms. The van der Waals surface area contributed by atoms with Crippen LogP contribution in [0.5, 0.6) is 11.5 Å². The molecule has 0 aliphatic carbocycles. The molecule has 0 amide bonds. The molecule has 0 radical (unpaired) electrons. The molecule has 0 spiro atoms. The highest BCUT2D eigenvalue weighted by atomic mass is 79.9. The Morgan fingerprint density at radius 1 is 1.16 bits per heavy atom. The minimum Gasteiger partial charge on any atom is -0.495 e. The van der Waals surface area contributed by atoms with Crippen LogP contribution in [0.4, 0.5) is 0 Å². The number of halogens is 3. The number of rotatable bonds is 4. The van der Waals surface area contributed by atoms with E-state index in [1.165, 1.54) is 0 Å². The van der Waals surface area contributed by atoms with Crippen molar-refractivity contribution in [2.75, 3.05) is 14.2 Å². The van der Waals surface area contributed by atoms with Gasteiger partial charge in [0.15, 0.2) is 5.22 Å². The van der Waals surface area contributed by atoms with Crippen molar-refractivity contribution >= 4 is 43.5 Å². The van der Waals surface area contributed by atoms with Crippen molar-refractivity contribution in [3.63, 3.8) is 0 Å². The third-order valence-corrected chi connectivity index (χ3v) is 4.53. The van der Waals surface area contributed by atoms with E-state index in [9.17, 15) is 0 Å². The SMILES string of the molecule is COc1ccc(C(Br)c2ccc(Cl)o2)c(OC)c1Br. The second kappa shape index (κ2) is 6.20. The molecule has 3 nitrogen and oxygen atoms in total. The number of hydrogen-bond donors (Lipinski definition) is 0. The van der Waals surface area contributed by atoms with Gasteiger partial charge in [-0.2, -0.15) is 0 Å². The van der Waals surface area contributed by atoms with E-state index in [1.807, 2.05) is 18.2 Å². The van der Waals surface area contributed by atoms with E-state index < -0.39 is 0 Å². The first-order valence-electron chi connectivity index (χ1n) is 5.38. The molecule has 1 unspecified atom stereocenters. The minimum atomic E-state index is -0.155. The molecule has 1 heterocycles. The summed E-state index contributed by atoms with van der Waals surface area (Å²) in [5, 5.41) is 0.353. The fraction of sp³-hybridized carbons (Fsp3) is 0.231. The Bertz CT molecular complexity index is 583. The van der Waals surface area contributed by atoms with Crippen molar-refractivity contribution in [1.29, 1.82) is 0 Å². The van der Waals surface area contributed by atoms with Crippen LogP contribution in [0.2, 0.25) is 5.22 Å². The Morgan fingerprint density at radius 2 is 1.89 bits per heavy atom. The molecule has 1 aromatic heterocycles. The topological polar surface area (TPSA) is 31.6 Å². The van der Waals surface area contributed by atoms with Gasteiger partial charge in [0.2, 0.25) is 0 Å². The Balaban J connectivity index is 2.47. The number of alkyl halides is 1. The fourth-order valence-electron chi connectivity index (χ4n) is 1.74. The molecule has 1 aromatic carbocycles. The van der Waals surface area contributed by atoms with Crippen molar-refractivity contribution in [1.82, 2.24) is 0 Å². The first-order chi connectivity index (χ1) is 9.08. The van der Waals surface area contributed by atoms with Gasteiger partial charge in [-0.3, -0.25) is 0 Å². The van der Waals surface area contributed by atoms with Crippen LogP contribution in [-0.2, 0) is 0 Å². The maximum Gasteiger partial charge on any atom is 0.193 e. The summed E-state index contributed by atoms with van der Waals surface area (Å²) in [6.07, 6.45) is 0. The van der Waals surface area contributed by atoms with Crippen molar-refractivity contribution in [3.05, 3.63) is 45.3 Å². The van der Waals surface area contributed by atoms with E-state index in [0.29, 0.717) is 22.5 Å². The Kier molecular flexibility index (Phi) is 4.81. The van der Waals surface area contributed by atoms with Crippen LogP contribution in [-0.4, -0.2) is 14.2 Å². The van der Waals surface area contributed by atoms with Crippen molar-refractivity contribution < 1.29 is 13.9 Å². The molecule has 0 bridgehead atoms. The molecule has 0 saturated heterocycles. The molecule has 2 rings (SSSR count). The highest BCUT2D eigenvalue weighted by Gasteiger charge is 2.22. The first kappa shape index (κ1) is 14.8. The summed E-state index contributed by atoms with van der Waals surface area (Å²) >= 11 is 12.9. The largest absolute Gasteiger partial charge is 0.495 e. The van der Waals surface area contributed by atoms with Crippen molar-refractivity contribution in [3.8, 4) is 11.5 Å². The van der Waals surface area contributed by atoms with Gasteiger partial charge in [-0.05, 0) is 51.8 Å². The molecule has 0 aliphatic rings. The average Bonchev–Trinajstić information content (AvgIpc) is 2.84. The Morgan fingerprint density at radius 3 is 2.42 bits per heavy atom. The zero-order valence-electron chi connectivity index (χ0n) is 10.2. The summed E-state index contributed by atoms with van der Waals surface area (Å²) in [6, 6.07) is 7.30. The number of hydrogen-bond acceptors (Lipinski definition) is 3. The molecular formula is C13H11Br2ClO3. The molecule has 0 N–H and O–H groups in total. The van der Waals surface area contributed by atoms with Crippen LogP contribution in [0.25, 0.3) is 0 Å². The Labute approximate surface area is 133 Å². The number of ether oxygens (including phenoxy) is 2. The highest BCUT2D eigenvalue weighted by molar-refractivity contribution is 9.10. The van der Waals surface area contributed by atoms with E-state index in [-0.39, 0.29) is 4.83 Å². The predicted molar refractivity (Wildman–Crippen MR) is 81.7 cm³/mol. The lowest BCUT2D eigenvalue weighted by atomic mass is 10.1. The average molecular weight is 410 g/mol. The maximum atomic E-state index is 5.80. The molecular weight excluding hydrogens is 399 g/mol. The summed E-state index contributed by atoms with van der Waals surface area (Å²) < 4.78 is 16.9. The van der Waals surface area contributed by atoms with Crippen molar-refractivity contribution in [2.24, 2.45) is 0 Å². The molecule has 2 aromatic rings. The summed E-state index contributed by atoms with van der Waals surface area (Å²) in [7, 11) is 3.22. The van der Waals surface area contributed by atoms with Crippen LogP contribution in [0.15, 0.2) is 33.2 Å². The lowest BCUT2D eigenvalue weighted by Gasteiger charge is -2.16. The van der Waals surface area contributed by atoms with Crippen LogP contribution >= 0.6 is 43.5 Å². The highest BCUT2D eigenvalue weighted by Crippen LogP contribution is 2.44. The maximum absolute atomic E-state index is 5.80. The number of methoxy groups -OCH3 is 2. The number of furan rings is 1. The summed E-state index contributed by atoms with van der Waals surface area (Å²) in [5.74, 6) is 2.10. The third kappa shape index (κ3) is 2.93. The van der Waals surface area contributed by atoms with E-state index in [4.69, 9.17) is 25.5 Å². The second-order valence-corrected chi connectivity index (χ2v) is 5.79. The van der Waals surface area contributed by atoms with Gasteiger partial charge in [-0.1, -0.05) is 15.9 Å². The third-order valence-electron chi connectivity index (χ3n) is 2.63. The summed E-state index contributed by atoms with van der Waals surface area (Å²) in [4.78, 5) is -0.155. The summed E-state index contributed by atoms with van der Waals surface area (Å²) in [6.45, 7) is 0. The molecule has 0 fully saturated rings. The van der Waals surface area contributed by atoms with Gasteiger partial charge in [0, 0.05) is 5.56 Å². The molecule has 1 atom stereocenters. The molecule has 19 heavy (non-hydrogen) atoms. The second-order valence-electron chi connectivity index (χ2n) is 3.71. The summed E-state index contributed by atoms with van der Waals surface area (Å²) in [5.41, 5.74) is 0.918. The van der Waals surface area contributed by atoms with Crippen LogP contribution < -0.4 is 9.47 Å². The lowest BCUT2D eigenvalue weighted by molar-refractivity contribution is 0.385. The van der Waals surface area contributed by atoms with Crippen molar-refractivity contribution in [2.45, 2.75) is 4.83 Å². The van der Waals surface area contributed by atoms with Crippen LogP contribution in [0, 0.1) is 0 Å². The fourth-order valence-corrected chi connectivity index (χ4v) is 3.18. The predicted octanol–water partition coefficient (Wildman–Crippen LogP) is 5.20. The molecule has 0 saturated carbocycles. The molecule has 102 valence electrons. The van der Waals surface area contributed by atoms with Gasteiger partial charge in [-0.15, -0.1) is 0 Å². The van der Waals surface area contributed by atoms with Gasteiger partial charge in [0.25, 0.3) is 0 Å². The zero-order chi connectivity index (χ0) is 14.0. The van der Waals surface area contributed by atoms with Gasteiger partial charge < -0.3 is 13.9 Å². The normalized spacial score (nSPS) is 12.3. The van der Waals surface area contributed by atoms with Gasteiger partial charge in [0.1, 0.15) is 26.6 Å². The van der Waals surface area contributed by atoms with Crippen LogP contribution in [0.3, 0.4) is 0 Å². The molecule has 0 aliphatic heterocycles. The van der Waals surface area contributed by atoms with Gasteiger partial charge in [0.05, 0.1) is 14.2 Å². The van der Waals surface area contributed by atoms with Crippen LogP contribution in [0.1, 0.15) is 16.2 Å². The lowest BCUT2D eigenvalue weighted by Crippen LogP contribution is -1.98. The van der Waals surface area contributed by atoms with E-state index in [2.05, 4.69) is 31.9 Å². The minimum absolute atomic E-state index is 0.155. The van der Waals surface area contributed by atoms with E-state index >= 15 is 0 Å². The van der Waals surface area contributed by atoms with Gasteiger partial charge >= 0.3 is 0 Å². The number of benzene rings is 1. The quantitative estimate of drug-likeness (QED) is 0.650. The van der Waals surface area contributed by atoms with Gasteiger partial charge in [-0.25, -0.2) is 0 Å². The Hall–Kier alpha value is -0.650.